The van der Waals surface area contributed by atoms with E-state index in [1.165, 1.54) is 13.8 Å². The first-order valence-electron chi connectivity index (χ1n) is 3.14. The molecule has 0 aromatic rings. The molecule has 10 heteroatoms. The summed E-state index contributed by atoms with van der Waals surface area (Å²) in [5.41, 5.74) is -0.731. The Balaban J connectivity index is 4.63. The monoisotopic (exact) mass is 232 g/mol. The van der Waals surface area contributed by atoms with Crippen LogP contribution in [0.1, 0.15) is 13.8 Å². The second-order valence-electron chi connectivity index (χ2n) is 2.44. The second kappa shape index (κ2) is 4.41. The van der Waals surface area contributed by atoms with Gasteiger partial charge in [-0.2, -0.15) is 14.7 Å². The zero-order chi connectivity index (χ0) is 10.7. The predicted octanol–water partition coefficient (Wildman–Crippen LogP) is 1.36. The highest BCUT2D eigenvalue weighted by atomic mass is 31.3. The zero-order valence-corrected chi connectivity index (χ0v) is 8.72. The molecule has 8 nitrogen and oxygen atoms in total. The van der Waals surface area contributed by atoms with Crippen molar-refractivity contribution >= 4 is 16.0 Å². The molecule has 0 fully saturated rings. The molecule has 0 radical (unpaired) electrons. The van der Waals surface area contributed by atoms with Crippen LogP contribution in [-0.4, -0.2) is 20.3 Å². The molecule has 0 aliphatic heterocycles. The van der Waals surface area contributed by atoms with Gasteiger partial charge in [-0.05, 0) is 13.8 Å². The van der Waals surface area contributed by atoms with Crippen molar-refractivity contribution in [1.82, 2.24) is 0 Å². The van der Waals surface area contributed by atoms with Crippen LogP contribution in [0.2, 0.25) is 0 Å². The smallest absolute Gasteiger partial charge is 0.190 e. The van der Waals surface area contributed by atoms with Crippen molar-refractivity contribution in [1.29, 1.82) is 0 Å². The summed E-state index contributed by atoms with van der Waals surface area (Å²) in [6.07, 6.45) is 0. The predicted molar refractivity (Wildman–Crippen MR) is 48.3 cm³/mol. The molecule has 0 saturated carbocycles. The van der Waals surface area contributed by atoms with Crippen LogP contribution in [0.15, 0.2) is 9.89 Å². The minimum Gasteiger partial charge on any atom is -0.190 e. The molecule has 13 heavy (non-hydrogen) atoms. The van der Waals surface area contributed by atoms with Gasteiger partial charge in [-0.1, -0.05) is 4.91 Å². The van der Waals surface area contributed by atoms with E-state index in [1.807, 2.05) is 4.95 Å². The molecule has 0 aromatic heterocycles. The Kier molecular flexibility index (Phi) is 4.38. The van der Waals surface area contributed by atoms with E-state index in [-0.39, 0.29) is 0 Å². The molecule has 0 rings (SSSR count). The molecular formula is C3H10N2O6P2+2. The minimum atomic E-state index is -4.54. The van der Waals surface area contributed by atoms with Gasteiger partial charge in [0, 0.05) is 0 Å². The van der Waals surface area contributed by atoms with Crippen LogP contribution in [0.5, 0.6) is 0 Å². The van der Waals surface area contributed by atoms with Gasteiger partial charge in [0.25, 0.3) is 0 Å². The fourth-order valence-corrected chi connectivity index (χ4v) is 2.85. The Hall–Kier alpha value is -0.100. The fourth-order valence-electron chi connectivity index (χ4n) is 0.380. The molecule has 3 N–H and O–H groups in total. The maximum absolute atomic E-state index is 10.1. The summed E-state index contributed by atoms with van der Waals surface area (Å²) in [4.78, 5) is 50.7. The van der Waals surface area contributed by atoms with Gasteiger partial charge in [0.1, 0.15) is 5.66 Å². The second-order valence-corrected chi connectivity index (χ2v) is 6.66. The molecule has 0 aliphatic rings. The van der Waals surface area contributed by atoms with E-state index in [0.717, 1.165) is 0 Å². The Labute approximate surface area is 75.1 Å². The molecular weight excluding hydrogens is 222 g/mol. The molecule has 0 spiro atoms. The Morgan fingerprint density at radius 1 is 1.15 bits per heavy atom. The van der Waals surface area contributed by atoms with Crippen molar-refractivity contribution in [2.24, 2.45) is 9.89 Å². The normalized spacial score (nSPS) is 16.8. The van der Waals surface area contributed by atoms with Crippen LogP contribution in [0, 0.1) is 9.81 Å². The third-order valence-corrected chi connectivity index (χ3v) is 4.76. The van der Waals surface area contributed by atoms with Crippen molar-refractivity contribution in [2.45, 2.75) is 19.5 Å². The standard InChI is InChI=1S/C3H10N2O6P2/c1-3(2)12(8,4-6)11-13(9,10)5-7/h3,8-10H,1-2H3/q+2. The van der Waals surface area contributed by atoms with E-state index in [4.69, 9.17) is 9.79 Å². The van der Waals surface area contributed by atoms with E-state index in [0.29, 0.717) is 0 Å². The lowest BCUT2D eigenvalue weighted by atomic mass is 10.6. The third kappa shape index (κ3) is 3.64. The average Bonchev–Trinajstić information content (AvgIpc) is 2.03. The van der Waals surface area contributed by atoms with E-state index in [1.54, 1.807) is 0 Å². The summed E-state index contributed by atoms with van der Waals surface area (Å²) in [5.74, 6) is 0. The number of nitroso groups, excluding NO2 is 2. The van der Waals surface area contributed by atoms with Crippen LogP contribution in [-0.2, 0) is 4.31 Å². The van der Waals surface area contributed by atoms with Crippen LogP contribution in [0.3, 0.4) is 0 Å². The Morgan fingerprint density at radius 3 is 1.85 bits per heavy atom. The Bertz CT molecular complexity index is 210. The molecule has 0 heterocycles. The molecule has 0 saturated heterocycles. The topological polar surface area (TPSA) is 129 Å². The zero-order valence-electron chi connectivity index (χ0n) is 6.93. The van der Waals surface area contributed by atoms with Gasteiger partial charge < -0.3 is 0 Å². The molecule has 1 atom stereocenters. The lowest BCUT2D eigenvalue weighted by Crippen LogP contribution is -2.06. The van der Waals surface area contributed by atoms with Gasteiger partial charge in [-0.25, -0.2) is 0 Å². The highest BCUT2D eigenvalue weighted by molar-refractivity contribution is 7.74. The van der Waals surface area contributed by atoms with E-state index < -0.39 is 21.6 Å². The SMILES string of the molecule is CC(C)[P+](O)(N=O)O[P+](O)(O)N=O. The summed E-state index contributed by atoms with van der Waals surface area (Å²) >= 11 is 0. The van der Waals surface area contributed by atoms with Crippen LogP contribution in [0.4, 0.5) is 0 Å². The highest BCUT2D eigenvalue weighted by Gasteiger charge is 2.63. The third-order valence-electron chi connectivity index (χ3n) is 1.13. The molecule has 1 unspecified atom stereocenters. The number of nitrogens with zero attached hydrogens (tertiary/aromatic N) is 2. The lowest BCUT2D eigenvalue weighted by Gasteiger charge is -2.09. The minimum absolute atomic E-state index is 0.731. The number of hydrogen-bond donors (Lipinski definition) is 3. The first-order chi connectivity index (χ1) is 5.77. The molecule has 0 aliphatic carbocycles. The molecule has 0 bridgehead atoms. The van der Waals surface area contributed by atoms with Gasteiger partial charge in [0.15, 0.2) is 9.89 Å². The van der Waals surface area contributed by atoms with Gasteiger partial charge in [0.05, 0.1) is 4.31 Å². The average molecular weight is 232 g/mol. The van der Waals surface area contributed by atoms with Gasteiger partial charge in [0.2, 0.25) is 0 Å². The van der Waals surface area contributed by atoms with Gasteiger partial charge in [-0.15, -0.1) is 4.91 Å². The van der Waals surface area contributed by atoms with Crippen molar-refractivity contribution in [3.63, 3.8) is 0 Å². The highest BCUT2D eigenvalue weighted by Crippen LogP contribution is 2.74. The first kappa shape index (κ1) is 12.9. The largest absolute Gasteiger partial charge is 0.633 e. The van der Waals surface area contributed by atoms with Crippen LogP contribution in [0.25, 0.3) is 0 Å². The maximum atomic E-state index is 10.1. The summed E-state index contributed by atoms with van der Waals surface area (Å²) in [6.45, 7) is 2.78. The summed E-state index contributed by atoms with van der Waals surface area (Å²) in [7, 11) is -8.38. The van der Waals surface area contributed by atoms with E-state index in [2.05, 4.69) is 9.26 Å². The first-order valence-corrected chi connectivity index (χ1v) is 6.39. The maximum Gasteiger partial charge on any atom is 0.633 e. The van der Waals surface area contributed by atoms with Gasteiger partial charge >= 0.3 is 16.0 Å². The molecule has 0 amide bonds. The number of rotatable bonds is 5. The van der Waals surface area contributed by atoms with E-state index in [9.17, 15) is 14.7 Å². The quantitative estimate of drug-likeness (QED) is 0.484. The van der Waals surface area contributed by atoms with Crippen LogP contribution < -0.4 is 0 Å². The molecule has 76 valence electrons. The van der Waals surface area contributed by atoms with Crippen LogP contribution >= 0.6 is 16.0 Å². The van der Waals surface area contributed by atoms with Gasteiger partial charge in [-0.3, -0.25) is 0 Å². The van der Waals surface area contributed by atoms with Crippen molar-refractivity contribution in [2.75, 3.05) is 0 Å². The summed E-state index contributed by atoms with van der Waals surface area (Å²) in [6, 6.07) is 0. The van der Waals surface area contributed by atoms with E-state index >= 15 is 0 Å². The number of hydrogen-bond acceptors (Lipinski definition) is 8. The summed E-state index contributed by atoms with van der Waals surface area (Å²) in [5, 5.41) is 0. The van der Waals surface area contributed by atoms with Crippen molar-refractivity contribution < 1.29 is 19.0 Å². The summed E-state index contributed by atoms with van der Waals surface area (Å²) < 4.78 is 4.12. The van der Waals surface area contributed by atoms with Crippen molar-refractivity contribution in [3.05, 3.63) is 9.81 Å². The Morgan fingerprint density at radius 2 is 1.62 bits per heavy atom. The van der Waals surface area contributed by atoms with Crippen molar-refractivity contribution in [3.8, 4) is 0 Å². The fraction of sp³-hybridized carbons (Fsp3) is 1.00. The lowest BCUT2D eigenvalue weighted by molar-refractivity contribution is 0.323. The molecule has 0 aromatic carbocycles.